The van der Waals surface area contributed by atoms with Gasteiger partial charge in [-0.3, -0.25) is 0 Å². The zero-order valence-electron chi connectivity index (χ0n) is 33.5. The molecule has 0 amide bonds. The summed E-state index contributed by atoms with van der Waals surface area (Å²) < 4.78 is 72.9. The minimum atomic E-state index is -4.17. The standard InChI is InChI=1S/C44H62O6S4/c1-7-11-15-19-23-33-28-38(53(45,46)32(33)6)39-29-34(24-20-16-12-8-2)44(54(39,47)48)37-30-36-41(50-26-22-18-14-10-4)42-35(27-31(5)51-42)40(43(36)52-37)49-25-21-17-13-9-3/h27-30H,7-26H2,1-6H3. The summed E-state index contributed by atoms with van der Waals surface area (Å²) in [5, 5.41) is 1.87. The van der Waals surface area contributed by atoms with Crippen molar-refractivity contribution in [3.63, 3.8) is 0 Å². The molecule has 1 aromatic carbocycles. The van der Waals surface area contributed by atoms with Crippen LogP contribution in [0.15, 0.2) is 50.1 Å². The number of allylic oxidation sites excluding steroid dienone is 5. The maximum atomic E-state index is 14.9. The molecule has 0 saturated heterocycles. The van der Waals surface area contributed by atoms with E-state index in [1.54, 1.807) is 30.4 Å². The van der Waals surface area contributed by atoms with E-state index in [2.05, 4.69) is 40.7 Å². The molecule has 0 saturated carbocycles. The van der Waals surface area contributed by atoms with Gasteiger partial charge in [0, 0.05) is 25.4 Å². The number of hydrogen-bond donors (Lipinski definition) is 0. The molecule has 0 bridgehead atoms. The molecule has 0 aliphatic carbocycles. The van der Waals surface area contributed by atoms with Crippen LogP contribution in [0.2, 0.25) is 0 Å². The average molecular weight is 815 g/mol. The average Bonchev–Trinajstić information content (AvgIpc) is 3.86. The maximum Gasteiger partial charge on any atom is 0.209 e. The van der Waals surface area contributed by atoms with Gasteiger partial charge in [-0.15, -0.1) is 22.7 Å². The number of thiophene rings is 2. The minimum Gasteiger partial charge on any atom is -0.491 e. The van der Waals surface area contributed by atoms with Crippen LogP contribution in [0.25, 0.3) is 25.1 Å². The highest BCUT2D eigenvalue weighted by Gasteiger charge is 2.43. The summed E-state index contributed by atoms with van der Waals surface area (Å²) in [4.78, 5) is 2.14. The van der Waals surface area contributed by atoms with Crippen molar-refractivity contribution < 1.29 is 26.3 Å². The minimum absolute atomic E-state index is 0.0733. The van der Waals surface area contributed by atoms with Gasteiger partial charge in [0.05, 0.1) is 37.3 Å². The molecule has 2 aromatic heterocycles. The number of fused-ring (bicyclic) bond motifs is 2. The fourth-order valence-electron chi connectivity index (χ4n) is 7.50. The van der Waals surface area contributed by atoms with Crippen molar-refractivity contribution in [3.8, 4) is 11.5 Å². The highest BCUT2D eigenvalue weighted by atomic mass is 32.2. The van der Waals surface area contributed by atoms with Gasteiger partial charge in [0.2, 0.25) is 19.7 Å². The summed E-state index contributed by atoms with van der Waals surface area (Å²) in [5.41, 5.74) is 1.42. The van der Waals surface area contributed by atoms with Crippen molar-refractivity contribution in [1.29, 1.82) is 0 Å². The fraction of sp³-hybridized carbons (Fsp3) is 0.591. The Morgan fingerprint density at radius 1 is 0.537 bits per heavy atom. The Bertz CT molecular complexity index is 2050. The molecule has 298 valence electrons. The Morgan fingerprint density at radius 3 is 1.56 bits per heavy atom. The van der Waals surface area contributed by atoms with E-state index in [1.165, 1.54) is 16.2 Å². The largest absolute Gasteiger partial charge is 0.491 e. The van der Waals surface area contributed by atoms with E-state index in [0.717, 1.165) is 140 Å². The van der Waals surface area contributed by atoms with Crippen molar-refractivity contribution in [1.82, 2.24) is 0 Å². The molecule has 0 unspecified atom stereocenters. The van der Waals surface area contributed by atoms with Crippen LogP contribution >= 0.6 is 22.7 Å². The van der Waals surface area contributed by atoms with E-state index < -0.39 is 19.7 Å². The lowest BCUT2D eigenvalue weighted by Gasteiger charge is -2.13. The summed E-state index contributed by atoms with van der Waals surface area (Å²) in [6.07, 6.45) is 21.2. The first-order valence-electron chi connectivity index (χ1n) is 20.6. The molecule has 3 aromatic rings. The third kappa shape index (κ3) is 9.41. The number of rotatable bonds is 24. The summed E-state index contributed by atoms with van der Waals surface area (Å²) in [5.74, 6) is 1.58. The van der Waals surface area contributed by atoms with E-state index in [0.29, 0.717) is 36.5 Å². The second kappa shape index (κ2) is 19.6. The van der Waals surface area contributed by atoms with Gasteiger partial charge in [0.1, 0.15) is 11.5 Å². The molecule has 0 atom stereocenters. The van der Waals surface area contributed by atoms with Gasteiger partial charge in [-0.05, 0) is 87.8 Å². The van der Waals surface area contributed by atoms with Crippen molar-refractivity contribution in [3.05, 3.63) is 59.9 Å². The van der Waals surface area contributed by atoms with Gasteiger partial charge in [-0.1, -0.05) is 105 Å². The smallest absolute Gasteiger partial charge is 0.209 e. The van der Waals surface area contributed by atoms with E-state index in [9.17, 15) is 16.8 Å². The van der Waals surface area contributed by atoms with Crippen molar-refractivity contribution >= 4 is 67.4 Å². The molecule has 10 heteroatoms. The van der Waals surface area contributed by atoms with Crippen LogP contribution in [0.4, 0.5) is 0 Å². The molecule has 5 rings (SSSR count). The van der Waals surface area contributed by atoms with Gasteiger partial charge >= 0.3 is 0 Å². The second-order valence-electron chi connectivity index (χ2n) is 15.0. The lowest BCUT2D eigenvalue weighted by atomic mass is 10.0. The van der Waals surface area contributed by atoms with Crippen LogP contribution in [0.1, 0.15) is 160 Å². The van der Waals surface area contributed by atoms with E-state index in [-0.39, 0.29) is 19.6 Å². The highest BCUT2D eigenvalue weighted by molar-refractivity contribution is 8.07. The fourth-order valence-corrected chi connectivity index (χ4v) is 13.9. The second-order valence-corrected chi connectivity index (χ2v) is 21.2. The van der Waals surface area contributed by atoms with Crippen LogP contribution < -0.4 is 9.47 Å². The first kappa shape index (κ1) is 42.7. The van der Waals surface area contributed by atoms with Gasteiger partial charge < -0.3 is 9.47 Å². The SMILES string of the molecule is CCCCCCOc1c2cc(C3=C(CCCCCC)C=C(C4=CC(CCCCCC)=C(C)S4(=O)=O)S3(=O)=O)sc2c(OCCCCCC)c2cc(C)sc12. The number of hydrogen-bond acceptors (Lipinski definition) is 8. The summed E-state index contributed by atoms with van der Waals surface area (Å²) in [6.45, 7) is 13.6. The predicted molar refractivity (Wildman–Crippen MR) is 232 cm³/mol. The molecule has 0 fully saturated rings. The summed E-state index contributed by atoms with van der Waals surface area (Å²) in [7, 11) is -8.11. The Balaban J connectivity index is 1.62. The van der Waals surface area contributed by atoms with Gasteiger partial charge in [0.25, 0.3) is 0 Å². The first-order valence-corrected chi connectivity index (χ1v) is 25.2. The maximum absolute atomic E-state index is 14.9. The molecule has 54 heavy (non-hydrogen) atoms. The number of ether oxygens (including phenoxy) is 2. The highest BCUT2D eigenvalue weighted by Crippen LogP contribution is 2.54. The van der Waals surface area contributed by atoms with E-state index >= 15 is 0 Å². The van der Waals surface area contributed by atoms with Crippen LogP contribution in [-0.4, -0.2) is 30.0 Å². The number of aryl methyl sites for hydroxylation is 1. The Kier molecular flexibility index (Phi) is 15.5. The molecule has 2 aliphatic heterocycles. The number of benzene rings is 1. The predicted octanol–water partition coefficient (Wildman–Crippen LogP) is 13.9. The molecular formula is C44H62O6S4. The quantitative estimate of drug-likeness (QED) is 0.0837. The molecule has 0 radical (unpaired) electrons. The van der Waals surface area contributed by atoms with Crippen LogP contribution in [0.3, 0.4) is 0 Å². The van der Waals surface area contributed by atoms with Gasteiger partial charge in [0.15, 0.2) is 0 Å². The molecule has 0 spiro atoms. The van der Waals surface area contributed by atoms with Crippen molar-refractivity contribution in [2.45, 2.75) is 157 Å². The summed E-state index contributed by atoms with van der Waals surface area (Å²) >= 11 is 3.12. The van der Waals surface area contributed by atoms with Crippen LogP contribution in [0.5, 0.6) is 11.5 Å². The van der Waals surface area contributed by atoms with Gasteiger partial charge in [-0.25, -0.2) is 16.8 Å². The third-order valence-electron chi connectivity index (χ3n) is 10.6. The first-order chi connectivity index (χ1) is 26.0. The molecular weight excluding hydrogens is 753 g/mol. The molecule has 0 N–H and O–H groups in total. The topological polar surface area (TPSA) is 86.7 Å². The zero-order valence-corrected chi connectivity index (χ0v) is 36.8. The number of unbranched alkanes of at least 4 members (excludes halogenated alkanes) is 12. The lowest BCUT2D eigenvalue weighted by Crippen LogP contribution is -2.10. The Hall–Kier alpha value is -2.40. The monoisotopic (exact) mass is 814 g/mol. The van der Waals surface area contributed by atoms with Crippen LogP contribution in [-0.2, 0) is 19.7 Å². The normalized spacial score (nSPS) is 16.6. The van der Waals surface area contributed by atoms with Crippen molar-refractivity contribution in [2.75, 3.05) is 13.2 Å². The lowest BCUT2D eigenvalue weighted by molar-refractivity contribution is 0.307. The molecule has 6 nitrogen and oxygen atoms in total. The third-order valence-corrected chi connectivity index (χ3v) is 17.0. The Morgan fingerprint density at radius 2 is 1.00 bits per heavy atom. The van der Waals surface area contributed by atoms with E-state index in [1.807, 2.05) is 6.07 Å². The molecule has 2 aliphatic rings. The number of sulfone groups is 2. The van der Waals surface area contributed by atoms with Gasteiger partial charge in [-0.2, -0.15) is 0 Å². The summed E-state index contributed by atoms with van der Waals surface area (Å²) in [6, 6.07) is 4.15. The zero-order chi connectivity index (χ0) is 38.9. The Labute approximate surface area is 333 Å². The van der Waals surface area contributed by atoms with E-state index in [4.69, 9.17) is 9.47 Å². The molecule has 4 heterocycles. The van der Waals surface area contributed by atoms with Crippen LogP contribution in [0, 0.1) is 6.92 Å². The van der Waals surface area contributed by atoms with Crippen molar-refractivity contribution in [2.24, 2.45) is 0 Å².